The van der Waals surface area contributed by atoms with Gasteiger partial charge in [0, 0.05) is 31.7 Å². The first-order valence-corrected chi connectivity index (χ1v) is 8.95. The molecule has 2 atom stereocenters. The fourth-order valence-electron chi connectivity index (χ4n) is 4.33. The molecule has 2 aliphatic rings. The molecule has 0 saturated carbocycles. The van der Waals surface area contributed by atoms with Crippen LogP contribution >= 0.6 is 0 Å². The summed E-state index contributed by atoms with van der Waals surface area (Å²) >= 11 is 0. The summed E-state index contributed by atoms with van der Waals surface area (Å²) in [5, 5.41) is 0. The maximum absolute atomic E-state index is 13.5. The highest BCUT2D eigenvalue weighted by atomic mass is 19.1. The van der Waals surface area contributed by atoms with Crippen LogP contribution in [0.5, 0.6) is 0 Å². The molecular weight excluding hydrogens is 336 g/mol. The molecule has 0 amide bonds. The van der Waals surface area contributed by atoms with Gasteiger partial charge in [0.2, 0.25) is 0 Å². The molecule has 2 fully saturated rings. The van der Waals surface area contributed by atoms with Crippen LogP contribution in [0.15, 0.2) is 46.9 Å². The van der Waals surface area contributed by atoms with Gasteiger partial charge in [-0.1, -0.05) is 12.1 Å². The lowest BCUT2D eigenvalue weighted by Crippen LogP contribution is -2.34. The van der Waals surface area contributed by atoms with E-state index in [9.17, 15) is 8.78 Å². The van der Waals surface area contributed by atoms with Crippen LogP contribution in [-0.4, -0.2) is 35.6 Å². The van der Waals surface area contributed by atoms with E-state index in [1.807, 2.05) is 24.3 Å². The Balaban J connectivity index is 1.34. The Labute approximate surface area is 150 Å². The van der Waals surface area contributed by atoms with Gasteiger partial charge in [-0.05, 0) is 48.7 Å². The number of hydrogen-bond acceptors (Lipinski definition) is 4. The van der Waals surface area contributed by atoms with E-state index in [1.165, 1.54) is 12.1 Å². The summed E-state index contributed by atoms with van der Waals surface area (Å²) in [6.07, 6.45) is 1.08. The van der Waals surface area contributed by atoms with Crippen molar-refractivity contribution in [3.05, 3.63) is 59.7 Å². The average molecular weight is 355 g/mol. The van der Waals surface area contributed by atoms with E-state index in [4.69, 9.17) is 4.42 Å². The van der Waals surface area contributed by atoms with Crippen molar-refractivity contribution in [2.24, 2.45) is 5.92 Å². The molecule has 0 spiro atoms. The number of aromatic nitrogens is 1. The van der Waals surface area contributed by atoms with Crippen LogP contribution in [0.3, 0.4) is 0 Å². The lowest BCUT2D eigenvalue weighted by molar-refractivity contribution is 0.244. The number of hydrogen-bond donors (Lipinski definition) is 0. The van der Waals surface area contributed by atoms with Gasteiger partial charge in [-0.25, -0.2) is 8.78 Å². The first kappa shape index (κ1) is 15.8. The van der Waals surface area contributed by atoms with Crippen LogP contribution in [0.4, 0.5) is 14.8 Å². The quantitative estimate of drug-likeness (QED) is 0.715. The Kier molecular flexibility index (Phi) is 3.67. The van der Waals surface area contributed by atoms with Crippen molar-refractivity contribution in [1.82, 2.24) is 9.88 Å². The summed E-state index contributed by atoms with van der Waals surface area (Å²) in [5.74, 6) is -0.506. The first-order valence-electron chi connectivity index (χ1n) is 8.95. The minimum atomic E-state index is -0.518. The van der Waals surface area contributed by atoms with Gasteiger partial charge in [-0.2, -0.15) is 4.98 Å². The highest BCUT2D eigenvalue weighted by Gasteiger charge is 2.42. The zero-order valence-electron chi connectivity index (χ0n) is 14.2. The third-order valence-electron chi connectivity index (χ3n) is 5.52. The second-order valence-corrected chi connectivity index (χ2v) is 7.23. The molecular formula is C20H19F2N3O. The van der Waals surface area contributed by atoms with Gasteiger partial charge in [0.05, 0.1) is 0 Å². The Bertz CT molecular complexity index is 904. The maximum atomic E-state index is 13.5. The van der Waals surface area contributed by atoms with Gasteiger partial charge in [0.1, 0.15) is 17.2 Å². The van der Waals surface area contributed by atoms with Crippen LogP contribution in [0, 0.1) is 17.6 Å². The lowest BCUT2D eigenvalue weighted by Gasteiger charge is -2.24. The van der Waals surface area contributed by atoms with Crippen molar-refractivity contribution in [1.29, 1.82) is 0 Å². The summed E-state index contributed by atoms with van der Waals surface area (Å²) in [7, 11) is 0. The smallest absolute Gasteiger partial charge is 0.298 e. The van der Waals surface area contributed by atoms with Gasteiger partial charge < -0.3 is 9.32 Å². The molecule has 2 saturated heterocycles. The molecule has 0 radical (unpaired) electrons. The summed E-state index contributed by atoms with van der Waals surface area (Å²) in [6.45, 7) is 3.26. The molecule has 3 aromatic rings. The van der Waals surface area contributed by atoms with E-state index >= 15 is 0 Å². The molecule has 5 rings (SSSR count). The fourth-order valence-corrected chi connectivity index (χ4v) is 4.33. The van der Waals surface area contributed by atoms with Crippen molar-refractivity contribution < 1.29 is 13.2 Å². The van der Waals surface area contributed by atoms with Crippen molar-refractivity contribution in [2.75, 3.05) is 24.5 Å². The number of rotatable bonds is 3. The van der Waals surface area contributed by atoms with Crippen LogP contribution < -0.4 is 4.90 Å². The van der Waals surface area contributed by atoms with Gasteiger partial charge in [-0.3, -0.25) is 4.90 Å². The molecule has 6 heteroatoms. The minimum Gasteiger partial charge on any atom is -0.423 e. The second kappa shape index (κ2) is 6.06. The van der Waals surface area contributed by atoms with E-state index in [-0.39, 0.29) is 0 Å². The zero-order chi connectivity index (χ0) is 17.7. The Hall–Kier alpha value is -2.47. The molecule has 134 valence electrons. The fraction of sp³-hybridized carbons (Fsp3) is 0.350. The van der Waals surface area contributed by atoms with Gasteiger partial charge in [-0.15, -0.1) is 0 Å². The van der Waals surface area contributed by atoms with E-state index in [0.29, 0.717) is 30.1 Å². The zero-order valence-corrected chi connectivity index (χ0v) is 14.2. The number of fused-ring (bicyclic) bond motifs is 2. The highest BCUT2D eigenvalue weighted by molar-refractivity contribution is 5.74. The van der Waals surface area contributed by atoms with Crippen molar-refractivity contribution >= 4 is 17.1 Å². The van der Waals surface area contributed by atoms with Gasteiger partial charge in [0.15, 0.2) is 5.58 Å². The number of anilines is 1. The Morgan fingerprint density at radius 2 is 1.88 bits per heavy atom. The molecule has 0 unspecified atom stereocenters. The van der Waals surface area contributed by atoms with Crippen LogP contribution in [0.2, 0.25) is 0 Å². The predicted octanol–water partition coefficient (Wildman–Crippen LogP) is 3.82. The van der Waals surface area contributed by atoms with Crippen LogP contribution in [-0.2, 0) is 6.54 Å². The molecule has 26 heavy (non-hydrogen) atoms. The average Bonchev–Trinajstić information content (AvgIpc) is 3.28. The standard InChI is InChI=1S/C20H19F2N3O/c21-15-7-13(8-16(22)9-15)10-24-6-5-14-11-25(12-18(14)24)20-23-17-3-1-2-4-19(17)26-20/h1-4,7-9,14,18H,5-6,10-12H2/t14-,18+/m0/s1. The molecule has 2 aromatic carbocycles. The molecule has 0 bridgehead atoms. The Morgan fingerprint density at radius 1 is 1.08 bits per heavy atom. The lowest BCUT2D eigenvalue weighted by atomic mass is 10.0. The molecule has 4 nitrogen and oxygen atoms in total. The predicted molar refractivity (Wildman–Crippen MR) is 94.9 cm³/mol. The number of oxazole rings is 1. The molecule has 3 heterocycles. The molecule has 1 aromatic heterocycles. The van der Waals surface area contributed by atoms with Crippen molar-refractivity contribution in [3.8, 4) is 0 Å². The number of benzene rings is 2. The third-order valence-corrected chi connectivity index (χ3v) is 5.52. The minimum absolute atomic E-state index is 0.358. The topological polar surface area (TPSA) is 32.5 Å². The number of halogens is 2. The van der Waals surface area contributed by atoms with Gasteiger partial charge >= 0.3 is 0 Å². The van der Waals surface area contributed by atoms with Gasteiger partial charge in [0.25, 0.3) is 6.01 Å². The normalized spacial score (nSPS) is 23.1. The van der Waals surface area contributed by atoms with E-state index in [0.717, 1.165) is 43.2 Å². The molecule has 0 N–H and O–H groups in total. The van der Waals surface area contributed by atoms with Crippen molar-refractivity contribution in [2.45, 2.75) is 19.0 Å². The largest absolute Gasteiger partial charge is 0.423 e. The number of likely N-dealkylation sites (tertiary alicyclic amines) is 1. The second-order valence-electron chi connectivity index (χ2n) is 7.23. The summed E-state index contributed by atoms with van der Waals surface area (Å²) in [6, 6.07) is 12.5. The van der Waals surface area contributed by atoms with E-state index < -0.39 is 11.6 Å². The summed E-state index contributed by atoms with van der Waals surface area (Å²) < 4.78 is 32.8. The maximum Gasteiger partial charge on any atom is 0.298 e. The van der Waals surface area contributed by atoms with Crippen LogP contribution in [0.1, 0.15) is 12.0 Å². The van der Waals surface area contributed by atoms with Crippen LogP contribution in [0.25, 0.3) is 11.1 Å². The molecule has 2 aliphatic heterocycles. The first-order chi connectivity index (χ1) is 12.7. The number of nitrogens with zero attached hydrogens (tertiary/aromatic N) is 3. The number of para-hydroxylation sites is 2. The monoisotopic (exact) mass is 355 g/mol. The highest BCUT2D eigenvalue weighted by Crippen LogP contribution is 2.35. The van der Waals surface area contributed by atoms with E-state index in [1.54, 1.807) is 0 Å². The van der Waals surface area contributed by atoms with Crippen molar-refractivity contribution in [3.63, 3.8) is 0 Å². The summed E-state index contributed by atoms with van der Waals surface area (Å²) in [5.41, 5.74) is 2.35. The Morgan fingerprint density at radius 3 is 2.69 bits per heavy atom. The molecule has 0 aliphatic carbocycles. The SMILES string of the molecule is Fc1cc(F)cc(CN2CC[C@H]3CN(c4nc5ccccc5o4)C[C@H]32)c1. The summed E-state index contributed by atoms with van der Waals surface area (Å²) in [4.78, 5) is 9.10. The van der Waals surface area contributed by atoms with E-state index in [2.05, 4.69) is 14.8 Å². The third kappa shape index (κ3) is 2.74.